The van der Waals surface area contributed by atoms with Gasteiger partial charge in [0.25, 0.3) is 0 Å². The van der Waals surface area contributed by atoms with Gasteiger partial charge in [-0.15, -0.1) is 0 Å². The average molecular weight is 501 g/mol. The lowest BCUT2D eigenvalue weighted by Crippen LogP contribution is -2.48. The third-order valence-electron chi connectivity index (χ3n) is 7.56. The molecule has 4 aromatic rings. The standard InChI is InChI=1S/C28H26F2N6O/c1-37-24-7-3-17(13-23(24)30)25-26(18-2-6-22(29)16(12-18)8-9-31)34-28(35-11-10-33-27(25)35)36-20-4-5-21(36)15-19(32)14-20/h2-3,6-7,10-13,19-21H,4-5,8,14-15,32H2,1H3. The predicted molar refractivity (Wildman–Crippen MR) is 136 cm³/mol. The fourth-order valence-electron chi connectivity index (χ4n) is 5.93. The quantitative estimate of drug-likeness (QED) is 0.420. The fourth-order valence-corrected chi connectivity index (χ4v) is 5.93. The van der Waals surface area contributed by atoms with Gasteiger partial charge < -0.3 is 15.4 Å². The number of nitriles is 1. The summed E-state index contributed by atoms with van der Waals surface area (Å²) in [6.45, 7) is 0. The first-order chi connectivity index (χ1) is 18.0. The van der Waals surface area contributed by atoms with Gasteiger partial charge >= 0.3 is 0 Å². The van der Waals surface area contributed by atoms with E-state index in [0.717, 1.165) is 31.6 Å². The molecule has 2 bridgehead atoms. The highest BCUT2D eigenvalue weighted by molar-refractivity contribution is 5.91. The number of fused-ring (bicyclic) bond motifs is 3. The Labute approximate surface area is 213 Å². The minimum Gasteiger partial charge on any atom is -0.494 e. The summed E-state index contributed by atoms with van der Waals surface area (Å²) in [6, 6.07) is 12.1. The smallest absolute Gasteiger partial charge is 0.212 e. The number of benzene rings is 2. The Kier molecular flexibility index (Phi) is 5.76. The van der Waals surface area contributed by atoms with E-state index in [0.29, 0.717) is 28.0 Å². The van der Waals surface area contributed by atoms with Crippen LogP contribution in [0.2, 0.25) is 0 Å². The summed E-state index contributed by atoms with van der Waals surface area (Å²) in [5.74, 6) is -0.0843. The van der Waals surface area contributed by atoms with Crippen molar-refractivity contribution in [3.05, 3.63) is 66.0 Å². The Morgan fingerprint density at radius 3 is 2.54 bits per heavy atom. The number of rotatable bonds is 5. The Balaban J connectivity index is 1.62. The molecule has 2 aliphatic rings. The van der Waals surface area contributed by atoms with Gasteiger partial charge in [0.05, 0.1) is 30.9 Å². The molecule has 0 radical (unpaired) electrons. The summed E-state index contributed by atoms with van der Waals surface area (Å²) < 4.78 is 36.4. The van der Waals surface area contributed by atoms with Crippen LogP contribution in [0.15, 0.2) is 48.8 Å². The monoisotopic (exact) mass is 500 g/mol. The number of ether oxygens (including phenoxy) is 1. The molecule has 0 amide bonds. The van der Waals surface area contributed by atoms with Crippen molar-refractivity contribution in [2.75, 3.05) is 12.0 Å². The maximum absolute atomic E-state index is 14.9. The summed E-state index contributed by atoms with van der Waals surface area (Å²) in [6.07, 6.45) is 7.36. The van der Waals surface area contributed by atoms with Crippen LogP contribution in [0.25, 0.3) is 28.0 Å². The molecule has 0 aliphatic carbocycles. The van der Waals surface area contributed by atoms with Gasteiger partial charge in [-0.2, -0.15) is 5.26 Å². The van der Waals surface area contributed by atoms with E-state index in [1.165, 1.54) is 19.2 Å². The van der Waals surface area contributed by atoms with Gasteiger partial charge in [-0.1, -0.05) is 6.07 Å². The summed E-state index contributed by atoms with van der Waals surface area (Å²) in [5, 5.41) is 9.22. The second-order valence-corrected chi connectivity index (χ2v) is 9.77. The van der Waals surface area contributed by atoms with Crippen LogP contribution in [0.3, 0.4) is 0 Å². The zero-order valence-electron chi connectivity index (χ0n) is 20.4. The molecule has 2 fully saturated rings. The Hall–Kier alpha value is -4.03. The first kappa shape index (κ1) is 23.4. The van der Waals surface area contributed by atoms with Crippen molar-refractivity contribution < 1.29 is 13.5 Å². The van der Waals surface area contributed by atoms with Crippen LogP contribution >= 0.6 is 0 Å². The number of nitrogens with zero attached hydrogens (tertiary/aromatic N) is 5. The van der Waals surface area contributed by atoms with Crippen molar-refractivity contribution in [1.82, 2.24) is 14.4 Å². The van der Waals surface area contributed by atoms with Crippen LogP contribution in [-0.4, -0.2) is 39.6 Å². The minimum absolute atomic E-state index is 0.0706. The number of piperidine rings is 1. The van der Waals surface area contributed by atoms with Crippen molar-refractivity contribution in [3.8, 4) is 34.2 Å². The molecule has 9 heteroatoms. The van der Waals surface area contributed by atoms with E-state index < -0.39 is 11.6 Å². The molecule has 2 N–H and O–H groups in total. The second-order valence-electron chi connectivity index (χ2n) is 9.77. The lowest BCUT2D eigenvalue weighted by molar-refractivity contribution is 0.386. The minimum atomic E-state index is -0.507. The number of halogens is 2. The Bertz CT molecular complexity index is 1530. The normalized spacial score (nSPS) is 20.8. The van der Waals surface area contributed by atoms with Gasteiger partial charge in [-0.25, -0.2) is 18.7 Å². The SMILES string of the molecule is COc1ccc(-c2c(-c3ccc(F)c(CC#N)c3)nc(N3C4CCC3CC(N)C4)n3ccnc23)cc1F. The van der Waals surface area contributed by atoms with Gasteiger partial charge in [0, 0.05) is 41.6 Å². The van der Waals surface area contributed by atoms with E-state index in [2.05, 4.69) is 9.88 Å². The first-order valence-corrected chi connectivity index (χ1v) is 12.4. The van der Waals surface area contributed by atoms with Crippen LogP contribution in [0.5, 0.6) is 5.75 Å². The van der Waals surface area contributed by atoms with E-state index >= 15 is 0 Å². The summed E-state index contributed by atoms with van der Waals surface area (Å²) >= 11 is 0. The molecule has 2 aromatic heterocycles. The molecule has 2 unspecified atom stereocenters. The molecular weight excluding hydrogens is 474 g/mol. The third kappa shape index (κ3) is 3.89. The topological polar surface area (TPSA) is 92.5 Å². The van der Waals surface area contributed by atoms with Crippen LogP contribution in [0.1, 0.15) is 31.2 Å². The van der Waals surface area contributed by atoms with Crippen LogP contribution in [-0.2, 0) is 6.42 Å². The van der Waals surface area contributed by atoms with E-state index in [4.69, 9.17) is 15.5 Å². The summed E-state index contributed by atoms with van der Waals surface area (Å²) in [5.41, 5.74) is 9.59. The highest BCUT2D eigenvalue weighted by atomic mass is 19.1. The molecule has 7 nitrogen and oxygen atoms in total. The van der Waals surface area contributed by atoms with Crippen LogP contribution in [0, 0.1) is 23.0 Å². The highest BCUT2D eigenvalue weighted by Gasteiger charge is 2.41. The van der Waals surface area contributed by atoms with E-state index in [-0.39, 0.29) is 35.9 Å². The highest BCUT2D eigenvalue weighted by Crippen LogP contribution is 2.42. The van der Waals surface area contributed by atoms with Gasteiger partial charge in [0.1, 0.15) is 11.5 Å². The molecular formula is C28H26F2N6O. The third-order valence-corrected chi connectivity index (χ3v) is 7.56. The van der Waals surface area contributed by atoms with Crippen molar-refractivity contribution in [2.24, 2.45) is 5.73 Å². The molecule has 0 spiro atoms. The maximum Gasteiger partial charge on any atom is 0.212 e. The predicted octanol–water partition coefficient (Wildman–Crippen LogP) is 4.87. The van der Waals surface area contributed by atoms with Crippen molar-refractivity contribution >= 4 is 11.6 Å². The number of imidazole rings is 1. The van der Waals surface area contributed by atoms with Gasteiger partial charge in [0.2, 0.25) is 5.95 Å². The zero-order valence-corrected chi connectivity index (χ0v) is 20.4. The Morgan fingerprint density at radius 2 is 1.84 bits per heavy atom. The van der Waals surface area contributed by atoms with E-state index in [9.17, 15) is 14.0 Å². The molecule has 0 saturated carbocycles. The molecule has 37 heavy (non-hydrogen) atoms. The Morgan fingerprint density at radius 1 is 1.08 bits per heavy atom. The van der Waals surface area contributed by atoms with E-state index in [1.54, 1.807) is 30.5 Å². The summed E-state index contributed by atoms with van der Waals surface area (Å²) in [7, 11) is 1.42. The number of methoxy groups -OCH3 is 1. The number of anilines is 1. The molecule has 2 atom stereocenters. The van der Waals surface area contributed by atoms with Gasteiger partial charge in [-0.3, -0.25) is 4.40 Å². The largest absolute Gasteiger partial charge is 0.494 e. The second kappa shape index (κ2) is 9.12. The van der Waals surface area contributed by atoms with Crippen molar-refractivity contribution in [3.63, 3.8) is 0 Å². The lowest BCUT2D eigenvalue weighted by Gasteiger charge is -2.39. The summed E-state index contributed by atoms with van der Waals surface area (Å²) in [4.78, 5) is 12.2. The molecule has 188 valence electrons. The maximum atomic E-state index is 14.9. The lowest BCUT2D eigenvalue weighted by atomic mass is 9.97. The molecule has 4 heterocycles. The molecule has 2 aliphatic heterocycles. The number of aromatic nitrogens is 3. The van der Waals surface area contributed by atoms with Crippen LogP contribution < -0.4 is 15.4 Å². The van der Waals surface area contributed by atoms with Crippen molar-refractivity contribution in [2.45, 2.75) is 50.2 Å². The molecule has 2 aromatic carbocycles. The number of hydrogen-bond acceptors (Lipinski definition) is 6. The first-order valence-electron chi connectivity index (χ1n) is 12.4. The number of hydrogen-bond donors (Lipinski definition) is 1. The molecule has 2 saturated heterocycles. The van der Waals surface area contributed by atoms with Crippen molar-refractivity contribution in [1.29, 1.82) is 5.26 Å². The zero-order chi connectivity index (χ0) is 25.7. The van der Waals surface area contributed by atoms with Gasteiger partial charge in [-0.05, 0) is 61.6 Å². The van der Waals surface area contributed by atoms with Crippen LogP contribution in [0.4, 0.5) is 14.7 Å². The average Bonchev–Trinajstić information content (AvgIpc) is 3.47. The molecule has 6 rings (SSSR count). The number of nitrogens with two attached hydrogens (primary N) is 1. The van der Waals surface area contributed by atoms with E-state index in [1.807, 2.05) is 16.7 Å². The van der Waals surface area contributed by atoms with Gasteiger partial charge in [0.15, 0.2) is 11.6 Å². The fraction of sp³-hybridized carbons (Fsp3) is 0.321.